The molecule has 2 rings (SSSR count). The molecule has 0 unspecified atom stereocenters. The van der Waals surface area contributed by atoms with Crippen LogP contribution in [0.5, 0.6) is 0 Å². The molecule has 1 fully saturated rings. The van der Waals surface area contributed by atoms with Crippen LogP contribution in [0.15, 0.2) is 71.5 Å². The van der Waals surface area contributed by atoms with Crippen molar-refractivity contribution in [2.75, 3.05) is 13.1 Å². The molecule has 1 aliphatic heterocycles. The molecule has 2 atom stereocenters. The van der Waals surface area contributed by atoms with Gasteiger partial charge in [0.05, 0.1) is 0 Å². The Morgan fingerprint density at radius 2 is 1.65 bits per heavy atom. The van der Waals surface area contributed by atoms with Gasteiger partial charge in [-0.1, -0.05) is 44.4 Å². The van der Waals surface area contributed by atoms with Crippen LogP contribution in [0.2, 0.25) is 0 Å². The zero-order chi connectivity index (χ0) is 28.3. The smallest absolute Gasteiger partial charge is 0.410 e. The number of hydrogen-bond acceptors (Lipinski definition) is 4. The molecule has 0 saturated carbocycles. The molecule has 5 nitrogen and oxygen atoms in total. The molecule has 0 radical (unpaired) electrons. The second kappa shape index (κ2) is 14.6. The van der Waals surface area contributed by atoms with Gasteiger partial charge in [0.25, 0.3) is 0 Å². The van der Waals surface area contributed by atoms with E-state index in [1.807, 2.05) is 25.7 Å². The molecule has 1 saturated heterocycles. The van der Waals surface area contributed by atoms with Crippen LogP contribution in [0.1, 0.15) is 74.3 Å². The van der Waals surface area contributed by atoms with Crippen LogP contribution in [0, 0.1) is 5.82 Å². The van der Waals surface area contributed by atoms with Gasteiger partial charge in [-0.25, -0.2) is 9.18 Å². The number of allylic oxidation sites excluding steroid dienone is 4. The summed E-state index contributed by atoms with van der Waals surface area (Å²) in [5.74, 6) is -0.208. The lowest BCUT2D eigenvalue weighted by molar-refractivity contribution is -0.00419. The van der Waals surface area contributed by atoms with Gasteiger partial charge >= 0.3 is 6.09 Å². The monoisotopic (exact) mass is 511 g/mol. The first kappa shape index (κ1) is 31.9. The zero-order valence-corrected chi connectivity index (χ0v) is 24.3. The number of piperazine rings is 1. The molecule has 0 spiro atoms. The summed E-state index contributed by atoms with van der Waals surface area (Å²) >= 11 is 0. The second-order valence-corrected chi connectivity index (χ2v) is 10.3. The van der Waals surface area contributed by atoms with E-state index < -0.39 is 5.60 Å². The summed E-state index contributed by atoms with van der Waals surface area (Å²) in [4.78, 5) is 21.4. The van der Waals surface area contributed by atoms with E-state index in [4.69, 9.17) is 4.74 Å². The van der Waals surface area contributed by atoms with Gasteiger partial charge in [-0.3, -0.25) is 4.99 Å². The van der Waals surface area contributed by atoms with E-state index >= 15 is 0 Å². The van der Waals surface area contributed by atoms with Crippen molar-refractivity contribution in [1.82, 2.24) is 9.80 Å². The molecular weight excluding hydrogens is 465 g/mol. The molecule has 1 amide bonds. The summed E-state index contributed by atoms with van der Waals surface area (Å²) in [7, 11) is 0. The quantitative estimate of drug-likeness (QED) is 0.287. The SMILES string of the molecule is C=CN=C(CC)C(/C(C)=C\C)=C(\C)N1C[C@@H](C)N(C(=O)OC(C)(C)C)C[C@@H]1C.C=Cc1ccc(F)cc1. The van der Waals surface area contributed by atoms with Crippen molar-refractivity contribution >= 4 is 17.9 Å². The summed E-state index contributed by atoms with van der Waals surface area (Å²) in [6, 6.07) is 6.44. The third kappa shape index (κ3) is 9.67. The lowest BCUT2D eigenvalue weighted by Crippen LogP contribution is -2.58. The number of benzene rings is 1. The summed E-state index contributed by atoms with van der Waals surface area (Å²) < 4.78 is 17.8. The summed E-state index contributed by atoms with van der Waals surface area (Å²) in [5, 5.41) is 0. The number of halogens is 1. The van der Waals surface area contributed by atoms with Crippen LogP contribution in [0.25, 0.3) is 6.08 Å². The van der Waals surface area contributed by atoms with E-state index in [2.05, 4.69) is 70.7 Å². The van der Waals surface area contributed by atoms with Crippen LogP contribution in [-0.4, -0.2) is 52.4 Å². The maximum absolute atomic E-state index is 12.6. The standard InChI is InChI=1S/C23H39N3O2.C8H7F/c1-11-16(4)21(20(12-2)24-13-3)19(7)25-14-18(6)26(15-17(25)5)22(27)28-23(8,9)10;1-2-7-3-5-8(9)6-4-7/h11,13,17-18H,3,12,14-15H2,1-2,4-10H3;2-6H,1H2/b16-11-,21-19+,24-20?;/t17-,18+;/m0./s1. The molecule has 37 heavy (non-hydrogen) atoms. The van der Waals surface area contributed by atoms with E-state index in [0.29, 0.717) is 6.54 Å². The molecule has 1 heterocycles. The normalized spacial score (nSPS) is 19.4. The molecule has 1 aliphatic rings. The van der Waals surface area contributed by atoms with Crippen LogP contribution in [-0.2, 0) is 4.74 Å². The Balaban J connectivity index is 0.000000635. The van der Waals surface area contributed by atoms with E-state index in [1.165, 1.54) is 29.0 Å². The van der Waals surface area contributed by atoms with Crippen LogP contribution >= 0.6 is 0 Å². The van der Waals surface area contributed by atoms with Crippen molar-refractivity contribution < 1.29 is 13.9 Å². The van der Waals surface area contributed by atoms with Crippen molar-refractivity contribution in [3.8, 4) is 0 Å². The highest BCUT2D eigenvalue weighted by molar-refractivity contribution is 6.04. The molecule has 204 valence electrons. The summed E-state index contributed by atoms with van der Waals surface area (Å²) in [6.07, 6.45) is 6.02. The van der Waals surface area contributed by atoms with Gasteiger partial charge < -0.3 is 14.5 Å². The van der Waals surface area contributed by atoms with Gasteiger partial charge in [0.1, 0.15) is 11.4 Å². The lowest BCUT2D eigenvalue weighted by atomic mass is 9.96. The van der Waals surface area contributed by atoms with Gasteiger partial charge in [0.15, 0.2) is 0 Å². The lowest BCUT2D eigenvalue weighted by Gasteiger charge is -2.46. The van der Waals surface area contributed by atoms with Crippen LogP contribution in [0.3, 0.4) is 0 Å². The number of carbonyl (C=O) groups is 1. The van der Waals surface area contributed by atoms with Gasteiger partial charge in [0, 0.05) is 48.4 Å². The Labute approximate surface area is 224 Å². The largest absolute Gasteiger partial charge is 0.444 e. The molecule has 0 N–H and O–H groups in total. The summed E-state index contributed by atoms with van der Waals surface area (Å²) in [6.45, 7) is 27.1. The fourth-order valence-corrected chi connectivity index (χ4v) is 4.22. The predicted molar refractivity (Wildman–Crippen MR) is 155 cm³/mol. The highest BCUT2D eigenvalue weighted by Gasteiger charge is 2.35. The maximum atomic E-state index is 12.6. The fourth-order valence-electron chi connectivity index (χ4n) is 4.22. The minimum Gasteiger partial charge on any atom is -0.444 e. The minimum atomic E-state index is -0.486. The third-order valence-corrected chi connectivity index (χ3v) is 6.21. The molecule has 1 aromatic carbocycles. The van der Waals surface area contributed by atoms with E-state index in [1.54, 1.807) is 24.4 Å². The van der Waals surface area contributed by atoms with Crippen molar-refractivity contribution in [2.24, 2.45) is 4.99 Å². The number of rotatable bonds is 6. The van der Waals surface area contributed by atoms with Gasteiger partial charge in [-0.15, -0.1) is 0 Å². The van der Waals surface area contributed by atoms with E-state index in [-0.39, 0.29) is 24.0 Å². The van der Waals surface area contributed by atoms with Gasteiger partial charge in [-0.05, 0) is 85.1 Å². The first-order valence-electron chi connectivity index (χ1n) is 13.0. The predicted octanol–water partition coefficient (Wildman–Crippen LogP) is 8.02. The number of amides is 1. The number of hydrogen-bond donors (Lipinski definition) is 0. The number of aliphatic imine (C=N–C) groups is 1. The van der Waals surface area contributed by atoms with Crippen molar-refractivity contribution in [3.05, 3.63) is 77.9 Å². The molecule has 1 aromatic rings. The molecular formula is C31H46FN3O2. The van der Waals surface area contributed by atoms with E-state index in [9.17, 15) is 9.18 Å². The first-order valence-corrected chi connectivity index (χ1v) is 13.0. The minimum absolute atomic E-state index is 0.0644. The Bertz CT molecular complexity index is 1020. The Hall–Kier alpha value is -3.15. The Morgan fingerprint density at radius 3 is 2.11 bits per heavy atom. The fraction of sp³-hybridized carbons (Fsp3) is 0.484. The maximum Gasteiger partial charge on any atom is 0.410 e. The zero-order valence-electron chi connectivity index (χ0n) is 24.3. The molecule has 0 bridgehead atoms. The average molecular weight is 512 g/mol. The van der Waals surface area contributed by atoms with Crippen molar-refractivity contribution in [1.29, 1.82) is 0 Å². The highest BCUT2D eigenvalue weighted by Crippen LogP contribution is 2.27. The third-order valence-electron chi connectivity index (χ3n) is 6.21. The highest BCUT2D eigenvalue weighted by atomic mass is 19.1. The first-order chi connectivity index (χ1) is 17.3. The van der Waals surface area contributed by atoms with Crippen molar-refractivity contribution in [2.45, 2.75) is 86.4 Å². The molecule has 6 heteroatoms. The molecule has 0 aromatic heterocycles. The number of ether oxygens (including phenoxy) is 1. The second-order valence-electron chi connectivity index (χ2n) is 10.3. The number of nitrogens with zero attached hydrogens (tertiary/aromatic N) is 3. The van der Waals surface area contributed by atoms with Gasteiger partial charge in [0.2, 0.25) is 0 Å². The summed E-state index contributed by atoms with van der Waals surface area (Å²) in [5.41, 5.74) is 5.07. The Morgan fingerprint density at radius 1 is 1.11 bits per heavy atom. The van der Waals surface area contributed by atoms with Crippen molar-refractivity contribution in [3.63, 3.8) is 0 Å². The average Bonchev–Trinajstić information content (AvgIpc) is 2.84. The van der Waals surface area contributed by atoms with Crippen LogP contribution in [0.4, 0.5) is 9.18 Å². The van der Waals surface area contributed by atoms with E-state index in [0.717, 1.165) is 24.2 Å². The number of carbonyl (C=O) groups excluding carboxylic acids is 1. The topological polar surface area (TPSA) is 45.1 Å². The van der Waals surface area contributed by atoms with Gasteiger partial charge in [-0.2, -0.15) is 0 Å². The Kier molecular flexibility index (Phi) is 12.5. The van der Waals surface area contributed by atoms with Crippen LogP contribution < -0.4 is 0 Å². The molecule has 0 aliphatic carbocycles.